The summed E-state index contributed by atoms with van der Waals surface area (Å²) in [4.78, 5) is 0. The van der Waals surface area contributed by atoms with E-state index in [1.807, 2.05) is 20.0 Å². The molecule has 0 bridgehead atoms. The number of thioether (sulfide) groups is 1. The molecule has 1 rings (SSSR count). The number of aromatic nitrogens is 2. The predicted molar refractivity (Wildman–Crippen MR) is 44.3 cm³/mol. The van der Waals surface area contributed by atoms with Crippen LogP contribution in [0.4, 0.5) is 0 Å². The Bertz CT molecular complexity index is 284. The minimum Gasteiger partial charge on any atom is -0.262 e. The van der Waals surface area contributed by atoms with Gasteiger partial charge in [-0.2, -0.15) is 10.4 Å². The van der Waals surface area contributed by atoms with E-state index in [1.54, 1.807) is 4.68 Å². The highest BCUT2D eigenvalue weighted by Gasteiger charge is 2.00. The maximum absolute atomic E-state index is 8.32. The molecule has 0 radical (unpaired) electrons. The van der Waals surface area contributed by atoms with Gasteiger partial charge in [-0.15, -0.1) is 0 Å². The van der Waals surface area contributed by atoms with E-state index in [0.717, 1.165) is 10.7 Å². The average molecular weight is 167 g/mol. The average Bonchev–Trinajstić information content (AvgIpc) is 2.26. The molecule has 0 fully saturated rings. The summed E-state index contributed by atoms with van der Waals surface area (Å²) in [6.07, 6.45) is 0. The lowest BCUT2D eigenvalue weighted by atomic mass is 10.5. The minimum atomic E-state index is 0.485. The van der Waals surface area contributed by atoms with Gasteiger partial charge in [-0.05, 0) is 13.0 Å². The van der Waals surface area contributed by atoms with Crippen LogP contribution in [-0.4, -0.2) is 15.5 Å². The molecule has 0 aliphatic carbocycles. The summed E-state index contributed by atoms with van der Waals surface area (Å²) < 4.78 is 1.79. The highest BCUT2D eigenvalue weighted by atomic mass is 32.2. The van der Waals surface area contributed by atoms with E-state index < -0.39 is 0 Å². The Morgan fingerprint density at radius 2 is 2.55 bits per heavy atom. The Kier molecular flexibility index (Phi) is 2.55. The van der Waals surface area contributed by atoms with Crippen LogP contribution in [0.1, 0.15) is 5.69 Å². The Morgan fingerprint density at radius 1 is 1.82 bits per heavy atom. The molecule has 0 N–H and O–H groups in total. The maximum atomic E-state index is 8.32. The largest absolute Gasteiger partial charge is 0.262 e. The van der Waals surface area contributed by atoms with E-state index in [0.29, 0.717) is 5.75 Å². The first-order valence-corrected chi connectivity index (χ1v) is 4.23. The van der Waals surface area contributed by atoms with Gasteiger partial charge in [0.2, 0.25) is 0 Å². The van der Waals surface area contributed by atoms with Crippen LogP contribution in [0.2, 0.25) is 0 Å². The molecular weight excluding hydrogens is 158 g/mol. The van der Waals surface area contributed by atoms with Gasteiger partial charge in [-0.3, -0.25) is 4.68 Å². The summed E-state index contributed by atoms with van der Waals surface area (Å²) in [5.41, 5.74) is 0.993. The third-order valence-electron chi connectivity index (χ3n) is 1.24. The van der Waals surface area contributed by atoms with Crippen LogP contribution in [0.25, 0.3) is 0 Å². The van der Waals surface area contributed by atoms with Crippen molar-refractivity contribution in [1.82, 2.24) is 9.78 Å². The molecule has 0 amide bonds. The lowest BCUT2D eigenvalue weighted by molar-refractivity contribution is 0.693. The molecule has 3 nitrogen and oxygen atoms in total. The van der Waals surface area contributed by atoms with Crippen LogP contribution in [0.5, 0.6) is 0 Å². The molecule has 0 saturated heterocycles. The summed E-state index contributed by atoms with van der Waals surface area (Å²) >= 11 is 1.51. The van der Waals surface area contributed by atoms with Gasteiger partial charge >= 0.3 is 0 Å². The standard InChI is InChI=1S/C7H9N3S/c1-6-5-7(10(2)9-6)11-4-3-8/h5H,4H2,1-2H3. The number of hydrogen-bond acceptors (Lipinski definition) is 3. The van der Waals surface area contributed by atoms with Crippen molar-refractivity contribution < 1.29 is 0 Å². The normalized spacial score (nSPS) is 9.55. The number of nitriles is 1. The van der Waals surface area contributed by atoms with Crippen molar-refractivity contribution in [2.24, 2.45) is 7.05 Å². The molecule has 1 aromatic heterocycles. The second-order valence-corrected chi connectivity index (χ2v) is 3.19. The SMILES string of the molecule is Cc1cc(SCC#N)n(C)n1. The lowest BCUT2D eigenvalue weighted by Crippen LogP contribution is -1.92. The molecule has 1 aromatic rings. The number of nitrogens with zero attached hydrogens (tertiary/aromatic N) is 3. The molecule has 0 unspecified atom stereocenters. The minimum absolute atomic E-state index is 0.485. The fourth-order valence-electron chi connectivity index (χ4n) is 0.828. The molecule has 0 atom stereocenters. The smallest absolute Gasteiger partial charge is 0.0949 e. The molecule has 4 heteroatoms. The second kappa shape index (κ2) is 3.44. The van der Waals surface area contributed by atoms with E-state index in [9.17, 15) is 0 Å². The fourth-order valence-corrected chi connectivity index (χ4v) is 1.52. The van der Waals surface area contributed by atoms with Crippen LogP contribution in [0.3, 0.4) is 0 Å². The van der Waals surface area contributed by atoms with Crippen molar-refractivity contribution in [3.8, 4) is 6.07 Å². The van der Waals surface area contributed by atoms with E-state index in [1.165, 1.54) is 11.8 Å². The molecule has 11 heavy (non-hydrogen) atoms. The third-order valence-corrected chi connectivity index (χ3v) is 2.19. The van der Waals surface area contributed by atoms with Crippen molar-refractivity contribution >= 4 is 11.8 Å². The van der Waals surface area contributed by atoms with Crippen LogP contribution >= 0.6 is 11.8 Å². The Labute approximate surface area is 70.0 Å². The van der Waals surface area contributed by atoms with Crippen molar-refractivity contribution in [2.45, 2.75) is 11.9 Å². The van der Waals surface area contributed by atoms with Crippen molar-refractivity contribution in [3.63, 3.8) is 0 Å². The predicted octanol–water partition coefficient (Wildman–Crippen LogP) is 1.34. The Hall–Kier alpha value is -0.950. The van der Waals surface area contributed by atoms with Crippen LogP contribution in [0, 0.1) is 18.3 Å². The second-order valence-electron chi connectivity index (χ2n) is 2.19. The van der Waals surface area contributed by atoms with Gasteiger partial charge < -0.3 is 0 Å². The van der Waals surface area contributed by atoms with Gasteiger partial charge in [-0.1, -0.05) is 11.8 Å². The molecule has 0 spiro atoms. The van der Waals surface area contributed by atoms with Gasteiger partial charge in [0.15, 0.2) is 0 Å². The molecule has 0 aliphatic rings. The Balaban J connectivity index is 2.71. The van der Waals surface area contributed by atoms with Gasteiger partial charge in [-0.25, -0.2) is 0 Å². The zero-order valence-corrected chi connectivity index (χ0v) is 7.35. The quantitative estimate of drug-likeness (QED) is 0.624. The first-order valence-electron chi connectivity index (χ1n) is 3.24. The molecule has 0 aromatic carbocycles. The zero-order valence-electron chi connectivity index (χ0n) is 6.53. The summed E-state index contributed by atoms with van der Waals surface area (Å²) in [7, 11) is 1.88. The van der Waals surface area contributed by atoms with Crippen molar-refractivity contribution in [1.29, 1.82) is 5.26 Å². The molecule has 0 saturated carbocycles. The molecule has 58 valence electrons. The summed E-state index contributed by atoms with van der Waals surface area (Å²) in [5.74, 6) is 0.485. The maximum Gasteiger partial charge on any atom is 0.0949 e. The first-order chi connectivity index (χ1) is 5.24. The molecule has 1 heterocycles. The van der Waals surface area contributed by atoms with Crippen LogP contribution in [-0.2, 0) is 7.05 Å². The first kappa shape index (κ1) is 8.15. The van der Waals surface area contributed by atoms with E-state index in [-0.39, 0.29) is 0 Å². The van der Waals surface area contributed by atoms with Crippen LogP contribution in [0.15, 0.2) is 11.1 Å². The molecule has 0 aliphatic heterocycles. The summed E-state index contributed by atoms with van der Waals surface area (Å²) in [6, 6.07) is 4.05. The lowest BCUT2D eigenvalue weighted by Gasteiger charge is -1.94. The number of rotatable bonds is 2. The van der Waals surface area contributed by atoms with Gasteiger partial charge in [0.1, 0.15) is 0 Å². The number of aryl methyl sites for hydroxylation is 2. The highest BCUT2D eigenvalue weighted by Crippen LogP contribution is 2.16. The third kappa shape index (κ3) is 1.99. The van der Waals surface area contributed by atoms with E-state index in [2.05, 4.69) is 11.2 Å². The van der Waals surface area contributed by atoms with E-state index >= 15 is 0 Å². The highest BCUT2D eigenvalue weighted by molar-refractivity contribution is 7.99. The topological polar surface area (TPSA) is 41.6 Å². The summed E-state index contributed by atoms with van der Waals surface area (Å²) in [6.45, 7) is 1.94. The van der Waals surface area contributed by atoms with Crippen LogP contribution < -0.4 is 0 Å². The molecular formula is C7H9N3S. The van der Waals surface area contributed by atoms with Crippen molar-refractivity contribution in [2.75, 3.05) is 5.75 Å². The monoisotopic (exact) mass is 167 g/mol. The summed E-state index contributed by atoms with van der Waals surface area (Å²) in [5, 5.41) is 13.5. The van der Waals surface area contributed by atoms with Gasteiger partial charge in [0.05, 0.1) is 22.5 Å². The Morgan fingerprint density at radius 3 is 3.00 bits per heavy atom. The zero-order chi connectivity index (χ0) is 8.27. The van der Waals surface area contributed by atoms with Crippen molar-refractivity contribution in [3.05, 3.63) is 11.8 Å². The van der Waals surface area contributed by atoms with E-state index in [4.69, 9.17) is 5.26 Å². The number of hydrogen-bond donors (Lipinski definition) is 0. The fraction of sp³-hybridized carbons (Fsp3) is 0.429. The van der Waals surface area contributed by atoms with Gasteiger partial charge in [0, 0.05) is 7.05 Å². The van der Waals surface area contributed by atoms with Gasteiger partial charge in [0.25, 0.3) is 0 Å².